The second kappa shape index (κ2) is 5.51. The molecule has 0 aliphatic carbocycles. The maximum atomic E-state index is 9.02. The molecule has 0 unspecified atom stereocenters. The lowest BCUT2D eigenvalue weighted by Gasteiger charge is -2.04. The smallest absolute Gasteiger partial charge is 0.101 e. The van der Waals surface area contributed by atoms with Gasteiger partial charge in [-0.1, -0.05) is 19.1 Å². The molecule has 0 atom stereocenters. The Morgan fingerprint density at radius 2 is 2.00 bits per heavy atom. The zero-order valence-electron chi connectivity index (χ0n) is 9.55. The lowest BCUT2D eigenvalue weighted by molar-refractivity contribution is 1.30. The highest BCUT2D eigenvalue weighted by molar-refractivity contribution is 7.99. The first kappa shape index (κ1) is 11.7. The molecule has 0 saturated carbocycles. The van der Waals surface area contributed by atoms with Gasteiger partial charge in [0.1, 0.15) is 6.07 Å². The monoisotopic (exact) mass is 240 g/mol. The Balaban J connectivity index is 2.37. The first-order valence-corrected chi connectivity index (χ1v) is 6.41. The van der Waals surface area contributed by atoms with E-state index >= 15 is 0 Å². The third-order valence-electron chi connectivity index (χ3n) is 2.42. The van der Waals surface area contributed by atoms with E-state index in [4.69, 9.17) is 5.26 Å². The lowest BCUT2D eigenvalue weighted by atomic mass is 10.0. The molecular formula is C14H12N2S. The third-order valence-corrected chi connectivity index (χ3v) is 3.31. The van der Waals surface area contributed by atoms with Crippen molar-refractivity contribution in [2.24, 2.45) is 0 Å². The highest BCUT2D eigenvalue weighted by Gasteiger charge is 2.04. The summed E-state index contributed by atoms with van der Waals surface area (Å²) >= 11 is 1.81. The molecule has 1 aromatic carbocycles. The normalized spacial score (nSPS) is 9.88. The van der Waals surface area contributed by atoms with E-state index in [2.05, 4.69) is 30.1 Å². The SMILES string of the molecule is CCSc1ccc(-c2ccncc2C#N)cc1. The maximum absolute atomic E-state index is 9.02. The van der Waals surface area contributed by atoms with Crippen molar-refractivity contribution in [1.82, 2.24) is 4.98 Å². The molecule has 0 amide bonds. The van der Waals surface area contributed by atoms with Crippen LogP contribution in [0.1, 0.15) is 12.5 Å². The molecule has 0 aliphatic heterocycles. The number of nitriles is 1. The van der Waals surface area contributed by atoms with Gasteiger partial charge in [0.05, 0.1) is 5.56 Å². The standard InChI is InChI=1S/C14H12N2S/c1-2-17-13-5-3-11(4-6-13)14-7-8-16-10-12(14)9-15/h3-8,10H,2H2,1H3. The Morgan fingerprint density at radius 3 is 2.65 bits per heavy atom. The highest BCUT2D eigenvalue weighted by atomic mass is 32.2. The van der Waals surface area contributed by atoms with Gasteiger partial charge in [-0.15, -0.1) is 11.8 Å². The van der Waals surface area contributed by atoms with Crippen molar-refractivity contribution in [1.29, 1.82) is 5.26 Å². The van der Waals surface area contributed by atoms with Crippen LogP contribution in [0.15, 0.2) is 47.6 Å². The topological polar surface area (TPSA) is 36.7 Å². The van der Waals surface area contributed by atoms with E-state index < -0.39 is 0 Å². The lowest BCUT2D eigenvalue weighted by Crippen LogP contribution is -1.85. The molecule has 2 rings (SSSR count). The van der Waals surface area contributed by atoms with Gasteiger partial charge in [-0.3, -0.25) is 4.98 Å². The van der Waals surface area contributed by atoms with E-state index in [1.165, 1.54) is 4.90 Å². The van der Waals surface area contributed by atoms with Crippen molar-refractivity contribution < 1.29 is 0 Å². The van der Waals surface area contributed by atoms with Crippen molar-refractivity contribution in [3.05, 3.63) is 48.3 Å². The molecular weight excluding hydrogens is 228 g/mol. The molecule has 0 N–H and O–H groups in total. The fraction of sp³-hybridized carbons (Fsp3) is 0.143. The van der Waals surface area contributed by atoms with E-state index in [1.54, 1.807) is 12.4 Å². The van der Waals surface area contributed by atoms with Gasteiger partial charge in [-0.2, -0.15) is 5.26 Å². The molecule has 2 nitrogen and oxygen atoms in total. The fourth-order valence-corrected chi connectivity index (χ4v) is 2.29. The van der Waals surface area contributed by atoms with E-state index in [0.29, 0.717) is 5.56 Å². The van der Waals surface area contributed by atoms with Crippen molar-refractivity contribution in [3.63, 3.8) is 0 Å². The minimum absolute atomic E-state index is 0.614. The zero-order valence-corrected chi connectivity index (χ0v) is 10.4. The van der Waals surface area contributed by atoms with E-state index in [9.17, 15) is 0 Å². The van der Waals surface area contributed by atoms with Crippen LogP contribution in [0.2, 0.25) is 0 Å². The van der Waals surface area contributed by atoms with Crippen LogP contribution in [0.25, 0.3) is 11.1 Å². The van der Waals surface area contributed by atoms with Crippen molar-refractivity contribution in [2.45, 2.75) is 11.8 Å². The van der Waals surface area contributed by atoms with E-state index in [1.807, 2.05) is 30.0 Å². The van der Waals surface area contributed by atoms with Gasteiger partial charge in [-0.05, 0) is 29.5 Å². The molecule has 84 valence electrons. The Labute approximate surface area is 105 Å². The molecule has 0 spiro atoms. The van der Waals surface area contributed by atoms with Gasteiger partial charge in [-0.25, -0.2) is 0 Å². The molecule has 1 aromatic heterocycles. The van der Waals surface area contributed by atoms with Crippen LogP contribution in [-0.4, -0.2) is 10.7 Å². The van der Waals surface area contributed by atoms with Gasteiger partial charge in [0.25, 0.3) is 0 Å². The summed E-state index contributed by atoms with van der Waals surface area (Å²) in [6.07, 6.45) is 3.31. The maximum Gasteiger partial charge on any atom is 0.101 e. The molecule has 3 heteroatoms. The number of aromatic nitrogens is 1. The van der Waals surface area contributed by atoms with Crippen molar-refractivity contribution in [2.75, 3.05) is 5.75 Å². The quantitative estimate of drug-likeness (QED) is 0.767. The van der Waals surface area contributed by atoms with Crippen molar-refractivity contribution in [3.8, 4) is 17.2 Å². The Morgan fingerprint density at radius 1 is 1.24 bits per heavy atom. The Hall–Kier alpha value is -1.79. The third kappa shape index (κ3) is 2.66. The number of rotatable bonds is 3. The average Bonchev–Trinajstić information content (AvgIpc) is 2.40. The molecule has 0 saturated heterocycles. The number of hydrogen-bond acceptors (Lipinski definition) is 3. The van der Waals surface area contributed by atoms with Gasteiger partial charge >= 0.3 is 0 Å². The second-order valence-corrected chi connectivity index (χ2v) is 4.83. The van der Waals surface area contributed by atoms with Crippen molar-refractivity contribution >= 4 is 11.8 Å². The first-order chi connectivity index (χ1) is 8.35. The first-order valence-electron chi connectivity index (χ1n) is 5.42. The summed E-state index contributed by atoms with van der Waals surface area (Å²) in [5.74, 6) is 1.07. The fourth-order valence-electron chi connectivity index (χ4n) is 1.63. The van der Waals surface area contributed by atoms with E-state index in [0.717, 1.165) is 16.9 Å². The van der Waals surface area contributed by atoms with Crippen LogP contribution in [0, 0.1) is 11.3 Å². The molecule has 0 radical (unpaired) electrons. The predicted molar refractivity (Wildman–Crippen MR) is 70.8 cm³/mol. The van der Waals surface area contributed by atoms with Gasteiger partial charge in [0, 0.05) is 22.9 Å². The number of nitrogens with zero attached hydrogens (tertiary/aromatic N) is 2. The average molecular weight is 240 g/mol. The van der Waals surface area contributed by atoms with Gasteiger partial charge < -0.3 is 0 Å². The molecule has 0 bridgehead atoms. The Bertz CT molecular complexity index is 541. The van der Waals surface area contributed by atoms with E-state index in [-0.39, 0.29) is 0 Å². The van der Waals surface area contributed by atoms with Crippen LogP contribution >= 0.6 is 11.8 Å². The summed E-state index contributed by atoms with van der Waals surface area (Å²) in [6, 6.07) is 12.3. The minimum atomic E-state index is 0.614. The number of thioether (sulfide) groups is 1. The van der Waals surface area contributed by atoms with Crippen LogP contribution in [0.3, 0.4) is 0 Å². The number of hydrogen-bond donors (Lipinski definition) is 0. The zero-order chi connectivity index (χ0) is 12.1. The van der Waals surface area contributed by atoms with Gasteiger partial charge in [0.2, 0.25) is 0 Å². The summed E-state index contributed by atoms with van der Waals surface area (Å²) in [6.45, 7) is 2.13. The summed E-state index contributed by atoms with van der Waals surface area (Å²) in [5.41, 5.74) is 2.61. The molecule has 0 aliphatic rings. The van der Waals surface area contributed by atoms with Crippen LogP contribution in [0.5, 0.6) is 0 Å². The summed E-state index contributed by atoms with van der Waals surface area (Å²) in [5, 5.41) is 9.02. The molecule has 1 heterocycles. The minimum Gasteiger partial charge on any atom is -0.263 e. The second-order valence-electron chi connectivity index (χ2n) is 3.49. The molecule has 0 fully saturated rings. The Kier molecular flexibility index (Phi) is 3.79. The number of benzene rings is 1. The number of pyridine rings is 1. The van der Waals surface area contributed by atoms with Gasteiger partial charge in [0.15, 0.2) is 0 Å². The summed E-state index contributed by atoms with van der Waals surface area (Å²) in [7, 11) is 0. The molecule has 17 heavy (non-hydrogen) atoms. The van der Waals surface area contributed by atoms with Crippen LogP contribution < -0.4 is 0 Å². The summed E-state index contributed by atoms with van der Waals surface area (Å²) in [4.78, 5) is 5.22. The highest BCUT2D eigenvalue weighted by Crippen LogP contribution is 2.25. The molecule has 2 aromatic rings. The largest absolute Gasteiger partial charge is 0.263 e. The summed E-state index contributed by atoms with van der Waals surface area (Å²) < 4.78 is 0. The van der Waals surface area contributed by atoms with Crippen LogP contribution in [-0.2, 0) is 0 Å². The van der Waals surface area contributed by atoms with Crippen LogP contribution in [0.4, 0.5) is 0 Å². The predicted octanol–water partition coefficient (Wildman–Crippen LogP) is 3.73.